The molecule has 2 rings (SSSR count). The number of amides is 2. The minimum absolute atomic E-state index is 0.0230. The van der Waals surface area contributed by atoms with Crippen LogP contribution >= 0.6 is 0 Å². The molecule has 1 fully saturated rings. The van der Waals surface area contributed by atoms with Gasteiger partial charge in [-0.25, -0.2) is 0 Å². The Morgan fingerprint density at radius 2 is 2.10 bits per heavy atom. The summed E-state index contributed by atoms with van der Waals surface area (Å²) in [5, 5.41) is 2.86. The van der Waals surface area contributed by atoms with E-state index in [1.165, 1.54) is 12.7 Å². The third-order valence-electron chi connectivity index (χ3n) is 5.55. The van der Waals surface area contributed by atoms with Crippen LogP contribution in [0.2, 0.25) is 0 Å². The Labute approximate surface area is 186 Å². The number of nitrogens with one attached hydrogen (secondary N) is 1. The third kappa shape index (κ3) is 7.48. The van der Waals surface area contributed by atoms with Gasteiger partial charge in [0.15, 0.2) is 0 Å². The standard InChI is InChI=1S/C23H38N4O4/c1-17(2)14-26(15-18-6-5-7-20(12-18)31-4)19-8-11-27(22(28)16-30-3)21(13-19)23(29)25-10-9-24/h5-7,12,17,19,21H,8-11,13-16,24H2,1-4H3,(H,25,29)/t19?,21-/m1/s1. The highest BCUT2D eigenvalue weighted by Gasteiger charge is 2.38. The maximum atomic E-state index is 12.9. The van der Waals surface area contributed by atoms with Crippen molar-refractivity contribution in [3.8, 4) is 5.75 Å². The zero-order valence-corrected chi connectivity index (χ0v) is 19.3. The van der Waals surface area contributed by atoms with Gasteiger partial charge in [-0.15, -0.1) is 0 Å². The molecule has 1 heterocycles. The molecule has 3 N–H and O–H groups in total. The summed E-state index contributed by atoms with van der Waals surface area (Å²) in [7, 11) is 3.16. The number of benzene rings is 1. The van der Waals surface area contributed by atoms with E-state index < -0.39 is 6.04 Å². The van der Waals surface area contributed by atoms with E-state index in [2.05, 4.69) is 36.2 Å². The number of methoxy groups -OCH3 is 2. The lowest BCUT2D eigenvalue weighted by atomic mass is 9.93. The van der Waals surface area contributed by atoms with E-state index in [1.807, 2.05) is 12.1 Å². The molecule has 0 bridgehead atoms. The van der Waals surface area contributed by atoms with Crippen LogP contribution in [-0.2, 0) is 20.9 Å². The zero-order valence-electron chi connectivity index (χ0n) is 19.3. The minimum atomic E-state index is -0.520. The first-order valence-electron chi connectivity index (χ1n) is 11.0. The molecule has 2 atom stereocenters. The van der Waals surface area contributed by atoms with Crippen LogP contribution in [0.15, 0.2) is 24.3 Å². The number of carbonyl (C=O) groups is 2. The molecule has 0 radical (unpaired) electrons. The lowest BCUT2D eigenvalue weighted by Crippen LogP contribution is -2.58. The van der Waals surface area contributed by atoms with Gasteiger partial charge in [0.25, 0.3) is 0 Å². The molecule has 8 heteroatoms. The average Bonchev–Trinajstić information content (AvgIpc) is 2.76. The second-order valence-electron chi connectivity index (χ2n) is 8.47. The Kier molecular flexibility index (Phi) is 10.2. The molecule has 1 saturated heterocycles. The average molecular weight is 435 g/mol. The first-order chi connectivity index (χ1) is 14.9. The zero-order chi connectivity index (χ0) is 22.8. The van der Waals surface area contributed by atoms with Crippen LogP contribution < -0.4 is 15.8 Å². The topological polar surface area (TPSA) is 97.1 Å². The summed E-state index contributed by atoms with van der Waals surface area (Å²) in [6.45, 7) is 7.33. The van der Waals surface area contributed by atoms with E-state index in [9.17, 15) is 9.59 Å². The Morgan fingerprint density at radius 1 is 1.32 bits per heavy atom. The fourth-order valence-electron chi connectivity index (χ4n) is 4.16. The predicted molar refractivity (Wildman–Crippen MR) is 121 cm³/mol. The van der Waals surface area contributed by atoms with Crippen LogP contribution in [-0.4, -0.2) is 80.7 Å². The molecular weight excluding hydrogens is 396 g/mol. The highest BCUT2D eigenvalue weighted by atomic mass is 16.5. The number of rotatable bonds is 11. The number of nitrogens with two attached hydrogens (primary N) is 1. The SMILES string of the molecule is COCC(=O)N1CCC(N(Cc2cccc(OC)c2)CC(C)C)C[C@@H]1C(=O)NCCN. The maximum absolute atomic E-state index is 12.9. The number of nitrogens with zero attached hydrogens (tertiary/aromatic N) is 2. The van der Waals surface area contributed by atoms with E-state index in [-0.39, 0.29) is 24.5 Å². The molecule has 0 aliphatic carbocycles. The molecule has 1 unspecified atom stereocenters. The number of hydrogen-bond donors (Lipinski definition) is 2. The van der Waals surface area contributed by atoms with Gasteiger partial charge in [-0.3, -0.25) is 14.5 Å². The summed E-state index contributed by atoms with van der Waals surface area (Å²) in [5.41, 5.74) is 6.72. The van der Waals surface area contributed by atoms with Crippen LogP contribution in [0.4, 0.5) is 0 Å². The fraction of sp³-hybridized carbons (Fsp3) is 0.652. The summed E-state index contributed by atoms with van der Waals surface area (Å²) < 4.78 is 10.4. The quantitative estimate of drug-likeness (QED) is 0.544. The smallest absolute Gasteiger partial charge is 0.249 e. The predicted octanol–water partition coefficient (Wildman–Crippen LogP) is 1.23. The van der Waals surface area contributed by atoms with Crippen molar-refractivity contribution < 1.29 is 19.1 Å². The third-order valence-corrected chi connectivity index (χ3v) is 5.55. The van der Waals surface area contributed by atoms with E-state index in [0.717, 1.165) is 25.3 Å². The van der Waals surface area contributed by atoms with Crippen molar-refractivity contribution in [3.63, 3.8) is 0 Å². The highest BCUT2D eigenvalue weighted by Crippen LogP contribution is 2.26. The van der Waals surface area contributed by atoms with Crippen molar-refractivity contribution in [1.29, 1.82) is 0 Å². The van der Waals surface area contributed by atoms with Gasteiger partial charge >= 0.3 is 0 Å². The number of piperidine rings is 1. The van der Waals surface area contributed by atoms with Crippen molar-refractivity contribution in [1.82, 2.24) is 15.1 Å². The number of ether oxygens (including phenoxy) is 2. The van der Waals surface area contributed by atoms with Crippen molar-refractivity contribution >= 4 is 11.8 Å². The van der Waals surface area contributed by atoms with Gasteiger partial charge in [-0.2, -0.15) is 0 Å². The van der Waals surface area contributed by atoms with Gasteiger partial charge in [0.1, 0.15) is 18.4 Å². The van der Waals surface area contributed by atoms with Crippen molar-refractivity contribution in [3.05, 3.63) is 29.8 Å². The lowest BCUT2D eigenvalue weighted by molar-refractivity contribution is -0.146. The minimum Gasteiger partial charge on any atom is -0.497 e. The van der Waals surface area contributed by atoms with Gasteiger partial charge in [-0.1, -0.05) is 26.0 Å². The first-order valence-corrected chi connectivity index (χ1v) is 11.0. The van der Waals surface area contributed by atoms with Gasteiger partial charge in [0.2, 0.25) is 11.8 Å². The molecule has 0 saturated carbocycles. The van der Waals surface area contributed by atoms with Gasteiger partial charge in [-0.05, 0) is 36.5 Å². The molecule has 2 amide bonds. The molecule has 174 valence electrons. The number of likely N-dealkylation sites (tertiary alicyclic amines) is 1. The highest BCUT2D eigenvalue weighted by molar-refractivity contribution is 5.88. The molecule has 8 nitrogen and oxygen atoms in total. The van der Waals surface area contributed by atoms with Crippen molar-refractivity contribution in [2.75, 3.05) is 47.0 Å². The van der Waals surface area contributed by atoms with Gasteiger partial charge < -0.3 is 25.4 Å². The lowest BCUT2D eigenvalue weighted by Gasteiger charge is -2.43. The van der Waals surface area contributed by atoms with E-state index >= 15 is 0 Å². The Morgan fingerprint density at radius 3 is 2.74 bits per heavy atom. The van der Waals surface area contributed by atoms with Crippen LogP contribution in [0.3, 0.4) is 0 Å². The normalized spacial score (nSPS) is 19.0. The Hall–Kier alpha value is -2.16. The molecule has 1 aliphatic heterocycles. The van der Waals surface area contributed by atoms with Crippen molar-refractivity contribution in [2.45, 2.75) is 45.3 Å². The monoisotopic (exact) mass is 434 g/mol. The molecule has 1 aromatic rings. The number of carbonyl (C=O) groups excluding carboxylic acids is 2. The summed E-state index contributed by atoms with van der Waals surface area (Å²) in [5.74, 6) is 1.01. The second-order valence-corrected chi connectivity index (χ2v) is 8.47. The number of hydrogen-bond acceptors (Lipinski definition) is 6. The molecule has 0 spiro atoms. The molecular formula is C23H38N4O4. The second kappa shape index (κ2) is 12.6. The van der Waals surface area contributed by atoms with Crippen LogP contribution in [0.5, 0.6) is 5.75 Å². The maximum Gasteiger partial charge on any atom is 0.249 e. The summed E-state index contributed by atoms with van der Waals surface area (Å²) in [6.07, 6.45) is 1.40. The largest absolute Gasteiger partial charge is 0.497 e. The van der Waals surface area contributed by atoms with E-state index in [1.54, 1.807) is 12.0 Å². The van der Waals surface area contributed by atoms with E-state index in [0.29, 0.717) is 32.0 Å². The molecule has 1 aromatic carbocycles. The van der Waals surface area contributed by atoms with E-state index in [4.69, 9.17) is 15.2 Å². The molecule has 31 heavy (non-hydrogen) atoms. The first kappa shape index (κ1) is 25.1. The molecule has 0 aromatic heterocycles. The van der Waals surface area contributed by atoms with Gasteiger partial charge in [0, 0.05) is 45.9 Å². The van der Waals surface area contributed by atoms with Crippen molar-refractivity contribution in [2.24, 2.45) is 11.7 Å². The Bertz CT molecular complexity index is 713. The van der Waals surface area contributed by atoms with Crippen LogP contribution in [0, 0.1) is 5.92 Å². The summed E-state index contributed by atoms with van der Waals surface area (Å²) in [4.78, 5) is 29.5. The summed E-state index contributed by atoms with van der Waals surface area (Å²) in [6, 6.07) is 7.75. The van der Waals surface area contributed by atoms with Crippen LogP contribution in [0.1, 0.15) is 32.3 Å². The fourth-order valence-corrected chi connectivity index (χ4v) is 4.16. The van der Waals surface area contributed by atoms with Crippen LogP contribution in [0.25, 0.3) is 0 Å². The summed E-state index contributed by atoms with van der Waals surface area (Å²) >= 11 is 0. The van der Waals surface area contributed by atoms with Gasteiger partial charge in [0.05, 0.1) is 7.11 Å². The molecule has 1 aliphatic rings. The Balaban J connectivity index is 2.21.